The second-order valence-electron chi connectivity index (χ2n) is 8.56. The Morgan fingerprint density at radius 1 is 0.800 bits per heavy atom. The molecule has 0 atom stereocenters. The van der Waals surface area contributed by atoms with Crippen LogP contribution in [0.4, 0.5) is 17.1 Å². The van der Waals surface area contributed by atoms with Crippen molar-refractivity contribution < 1.29 is 4.74 Å². The van der Waals surface area contributed by atoms with Crippen molar-refractivity contribution in [3.05, 3.63) is 96.6 Å². The molecule has 0 saturated heterocycles. The Labute approximate surface area is 206 Å². The Kier molecular flexibility index (Phi) is 4.50. The molecule has 6 nitrogen and oxygen atoms in total. The first-order valence-electron chi connectivity index (χ1n) is 11.4. The van der Waals surface area contributed by atoms with Gasteiger partial charge in [0.2, 0.25) is 5.88 Å². The summed E-state index contributed by atoms with van der Waals surface area (Å²) >= 11 is 1.62. The Hall–Kier alpha value is -4.36. The van der Waals surface area contributed by atoms with Crippen molar-refractivity contribution in [1.82, 2.24) is 14.5 Å². The second kappa shape index (κ2) is 7.85. The van der Waals surface area contributed by atoms with Crippen LogP contribution in [0.25, 0.3) is 26.9 Å². The highest BCUT2D eigenvalue weighted by Gasteiger charge is 2.24. The van der Waals surface area contributed by atoms with Crippen molar-refractivity contribution in [1.29, 1.82) is 0 Å². The van der Waals surface area contributed by atoms with Gasteiger partial charge >= 0.3 is 0 Å². The zero-order valence-corrected chi connectivity index (χ0v) is 19.8. The average Bonchev–Trinajstić information content (AvgIpc) is 3.61. The number of thiazole rings is 1. The van der Waals surface area contributed by atoms with E-state index in [0.717, 1.165) is 34.3 Å². The smallest absolute Gasteiger partial charge is 0.221 e. The molecular formula is C28H21N5OS. The van der Waals surface area contributed by atoms with Gasteiger partial charge in [0.15, 0.2) is 5.13 Å². The molecule has 0 aliphatic carbocycles. The lowest BCUT2D eigenvalue weighted by Crippen LogP contribution is -2.23. The SMILES string of the molecule is CN1CN(c2ccnc(Oc3ccc4c5ccccc5n(-c5nccs5)c4c3)c2)c2ccccc21. The van der Waals surface area contributed by atoms with Crippen LogP contribution in [0.5, 0.6) is 11.6 Å². The summed E-state index contributed by atoms with van der Waals surface area (Å²) in [6, 6.07) is 27.1. The van der Waals surface area contributed by atoms with Gasteiger partial charge in [-0.3, -0.25) is 4.57 Å². The Balaban J connectivity index is 1.28. The monoisotopic (exact) mass is 475 g/mol. The van der Waals surface area contributed by atoms with Crippen LogP contribution < -0.4 is 14.5 Å². The van der Waals surface area contributed by atoms with Gasteiger partial charge in [-0.25, -0.2) is 9.97 Å². The number of benzene rings is 3. The average molecular weight is 476 g/mol. The van der Waals surface area contributed by atoms with Crippen molar-refractivity contribution in [3.8, 4) is 16.8 Å². The van der Waals surface area contributed by atoms with E-state index in [2.05, 4.69) is 92.0 Å². The standard InChI is InChI=1S/C28H21N5OS/c1-31-18-32(25-9-5-4-8-24(25)31)19-12-13-29-27(16-19)34-20-10-11-22-21-6-2-3-7-23(21)33(26(22)17-20)28-30-14-15-35-28/h2-17H,18H2,1H3. The molecular weight excluding hydrogens is 454 g/mol. The highest BCUT2D eigenvalue weighted by molar-refractivity contribution is 7.12. The molecule has 0 fully saturated rings. The summed E-state index contributed by atoms with van der Waals surface area (Å²) in [4.78, 5) is 13.6. The predicted molar refractivity (Wildman–Crippen MR) is 143 cm³/mol. The number of pyridine rings is 1. The molecule has 0 saturated carbocycles. The van der Waals surface area contributed by atoms with E-state index in [9.17, 15) is 0 Å². The number of fused-ring (bicyclic) bond motifs is 4. The van der Waals surface area contributed by atoms with Gasteiger partial charge in [-0.15, -0.1) is 11.3 Å². The van der Waals surface area contributed by atoms with Gasteiger partial charge in [-0.2, -0.15) is 0 Å². The molecule has 4 heterocycles. The van der Waals surface area contributed by atoms with Gasteiger partial charge in [-0.05, 0) is 36.4 Å². The molecule has 3 aromatic heterocycles. The largest absolute Gasteiger partial charge is 0.439 e. The van der Waals surface area contributed by atoms with Gasteiger partial charge in [0.25, 0.3) is 0 Å². The lowest BCUT2D eigenvalue weighted by Gasteiger charge is -2.19. The van der Waals surface area contributed by atoms with Crippen molar-refractivity contribution >= 4 is 50.2 Å². The first-order valence-corrected chi connectivity index (χ1v) is 12.3. The number of hydrogen-bond acceptors (Lipinski definition) is 6. The fourth-order valence-corrected chi connectivity index (χ4v) is 5.56. The summed E-state index contributed by atoms with van der Waals surface area (Å²) in [5, 5.41) is 5.30. The van der Waals surface area contributed by atoms with Crippen LogP contribution in [-0.4, -0.2) is 28.3 Å². The molecule has 0 unspecified atom stereocenters. The van der Waals surface area contributed by atoms with E-state index in [0.29, 0.717) is 5.88 Å². The summed E-state index contributed by atoms with van der Waals surface area (Å²) in [6.45, 7) is 0.780. The van der Waals surface area contributed by atoms with Crippen LogP contribution in [0.15, 0.2) is 96.6 Å². The summed E-state index contributed by atoms with van der Waals surface area (Å²) < 4.78 is 8.49. The molecule has 170 valence electrons. The summed E-state index contributed by atoms with van der Waals surface area (Å²) in [7, 11) is 2.11. The minimum absolute atomic E-state index is 0.561. The number of para-hydroxylation sites is 3. The first kappa shape index (κ1) is 20.1. The van der Waals surface area contributed by atoms with Gasteiger partial charge in [0.1, 0.15) is 5.75 Å². The van der Waals surface area contributed by atoms with Crippen LogP contribution in [0, 0.1) is 0 Å². The highest BCUT2D eigenvalue weighted by atomic mass is 32.1. The molecule has 0 N–H and O–H groups in total. The van der Waals surface area contributed by atoms with E-state index in [-0.39, 0.29) is 0 Å². The predicted octanol–water partition coefficient (Wildman–Crippen LogP) is 6.97. The zero-order chi connectivity index (χ0) is 23.4. The molecule has 7 rings (SSSR count). The van der Waals surface area contributed by atoms with Crippen LogP contribution in [0.2, 0.25) is 0 Å². The third-order valence-electron chi connectivity index (χ3n) is 6.45. The minimum atomic E-state index is 0.561. The van der Waals surface area contributed by atoms with Crippen molar-refractivity contribution in [3.63, 3.8) is 0 Å². The quantitative estimate of drug-likeness (QED) is 0.275. The van der Waals surface area contributed by atoms with Gasteiger partial charge in [0.05, 0.1) is 29.1 Å². The molecule has 35 heavy (non-hydrogen) atoms. The number of hydrogen-bond donors (Lipinski definition) is 0. The molecule has 7 heteroatoms. The number of rotatable bonds is 4. The highest BCUT2D eigenvalue weighted by Crippen LogP contribution is 2.40. The fourth-order valence-electron chi connectivity index (χ4n) is 4.89. The fraction of sp³-hybridized carbons (Fsp3) is 0.0714. The number of aromatic nitrogens is 3. The van der Waals surface area contributed by atoms with Crippen LogP contribution >= 0.6 is 11.3 Å². The van der Waals surface area contributed by atoms with Crippen LogP contribution in [0.3, 0.4) is 0 Å². The van der Waals surface area contributed by atoms with Gasteiger partial charge in [-0.1, -0.05) is 30.3 Å². The van der Waals surface area contributed by atoms with Gasteiger partial charge in [0, 0.05) is 53.4 Å². The number of anilines is 3. The molecule has 0 bridgehead atoms. The normalized spacial score (nSPS) is 13.1. The van der Waals surface area contributed by atoms with Crippen LogP contribution in [0.1, 0.15) is 0 Å². The summed E-state index contributed by atoms with van der Waals surface area (Å²) in [5.74, 6) is 1.30. The number of nitrogens with zero attached hydrogens (tertiary/aromatic N) is 5. The zero-order valence-electron chi connectivity index (χ0n) is 19.0. The molecule has 6 aromatic rings. The Morgan fingerprint density at radius 2 is 1.63 bits per heavy atom. The topological polar surface area (TPSA) is 46.4 Å². The molecule has 0 spiro atoms. The van der Waals surface area contributed by atoms with E-state index in [4.69, 9.17) is 4.74 Å². The van der Waals surface area contributed by atoms with Crippen molar-refractivity contribution in [2.24, 2.45) is 0 Å². The Morgan fingerprint density at radius 3 is 2.51 bits per heavy atom. The van der Waals surface area contributed by atoms with Crippen molar-refractivity contribution in [2.75, 3.05) is 23.5 Å². The molecule has 0 amide bonds. The van der Waals surface area contributed by atoms with E-state index < -0.39 is 0 Å². The number of ether oxygens (including phenoxy) is 1. The van der Waals surface area contributed by atoms with Crippen molar-refractivity contribution in [2.45, 2.75) is 0 Å². The van der Waals surface area contributed by atoms with E-state index in [1.54, 1.807) is 17.5 Å². The molecule has 1 aliphatic rings. The third kappa shape index (κ3) is 3.24. The van der Waals surface area contributed by atoms with E-state index >= 15 is 0 Å². The van der Waals surface area contributed by atoms with Crippen LogP contribution in [-0.2, 0) is 0 Å². The first-order chi connectivity index (χ1) is 17.3. The maximum atomic E-state index is 6.29. The van der Waals surface area contributed by atoms with E-state index in [1.807, 2.05) is 29.8 Å². The molecule has 1 aliphatic heterocycles. The maximum Gasteiger partial charge on any atom is 0.221 e. The van der Waals surface area contributed by atoms with E-state index in [1.165, 1.54) is 22.1 Å². The summed E-state index contributed by atoms with van der Waals surface area (Å²) in [6.07, 6.45) is 3.64. The minimum Gasteiger partial charge on any atom is -0.439 e. The summed E-state index contributed by atoms with van der Waals surface area (Å²) in [5.41, 5.74) is 5.63. The van der Waals surface area contributed by atoms with Gasteiger partial charge < -0.3 is 14.5 Å². The lowest BCUT2D eigenvalue weighted by molar-refractivity contribution is 0.463. The molecule has 0 radical (unpaired) electrons. The third-order valence-corrected chi connectivity index (χ3v) is 7.20. The Bertz CT molecular complexity index is 1690. The lowest BCUT2D eigenvalue weighted by atomic mass is 10.1. The maximum absolute atomic E-state index is 6.29. The molecule has 3 aromatic carbocycles. The second-order valence-corrected chi connectivity index (χ2v) is 9.43.